The number of hydrogen-bond acceptors (Lipinski definition) is 6. The van der Waals surface area contributed by atoms with Gasteiger partial charge in [-0.1, -0.05) is 26.8 Å². The normalized spacial score (nSPS) is 18.9. The van der Waals surface area contributed by atoms with Gasteiger partial charge in [0.2, 0.25) is 0 Å². The largest absolute Gasteiger partial charge is 0.415 e. The smallest absolute Gasteiger partial charge is 0.254 e. The van der Waals surface area contributed by atoms with Gasteiger partial charge in [0.15, 0.2) is 8.32 Å². The van der Waals surface area contributed by atoms with Gasteiger partial charge in [-0.15, -0.1) is 0 Å². The van der Waals surface area contributed by atoms with Crippen molar-refractivity contribution in [3.05, 3.63) is 58.7 Å². The van der Waals surface area contributed by atoms with E-state index in [1.165, 1.54) is 11.3 Å². The molecule has 2 aliphatic heterocycles. The van der Waals surface area contributed by atoms with E-state index in [-0.39, 0.29) is 17.0 Å². The Balaban J connectivity index is 1.37. The summed E-state index contributed by atoms with van der Waals surface area (Å²) in [7, 11) is -1.84. The Morgan fingerprint density at radius 3 is 2.40 bits per heavy atom. The van der Waals surface area contributed by atoms with Crippen LogP contribution in [-0.2, 0) is 4.43 Å². The van der Waals surface area contributed by atoms with E-state index < -0.39 is 8.32 Å². The average Bonchev–Trinajstić information content (AvgIpc) is 2.93. The predicted octanol–water partition coefficient (Wildman–Crippen LogP) is 5.69. The Hall–Kier alpha value is -2.86. The Labute approximate surface area is 242 Å². The maximum Gasteiger partial charge on any atom is 0.254 e. The van der Waals surface area contributed by atoms with E-state index in [2.05, 4.69) is 74.5 Å². The molecule has 2 saturated heterocycles. The molecule has 4 rings (SSSR count). The highest BCUT2D eigenvalue weighted by molar-refractivity contribution is 6.74. The molecule has 2 fully saturated rings. The van der Waals surface area contributed by atoms with Crippen molar-refractivity contribution >= 4 is 25.6 Å². The van der Waals surface area contributed by atoms with Crippen molar-refractivity contribution in [3.8, 4) is 6.07 Å². The van der Waals surface area contributed by atoms with Crippen LogP contribution in [0.15, 0.2) is 36.4 Å². The highest BCUT2D eigenvalue weighted by Gasteiger charge is 2.38. The first kappa shape index (κ1) is 30.1. The van der Waals surface area contributed by atoms with Crippen molar-refractivity contribution in [1.82, 2.24) is 10.2 Å². The number of rotatable bonds is 7. The number of nitrogens with zero attached hydrogens (tertiary/aromatic N) is 3. The Bertz CT molecular complexity index is 1220. The molecule has 2 aliphatic rings. The molecule has 1 atom stereocenters. The van der Waals surface area contributed by atoms with E-state index in [0.29, 0.717) is 31.3 Å². The molecule has 216 valence electrons. The number of benzene rings is 2. The number of piperidine rings is 1. The van der Waals surface area contributed by atoms with Crippen LogP contribution in [0.1, 0.15) is 60.7 Å². The molecule has 0 aliphatic carbocycles. The lowest BCUT2D eigenvalue weighted by atomic mass is 9.99. The van der Waals surface area contributed by atoms with Crippen molar-refractivity contribution < 1.29 is 9.22 Å². The molecule has 0 radical (unpaired) electrons. The number of hydrogen-bond donors (Lipinski definition) is 2. The van der Waals surface area contributed by atoms with Gasteiger partial charge >= 0.3 is 0 Å². The van der Waals surface area contributed by atoms with E-state index in [1.54, 1.807) is 0 Å². The molecule has 0 bridgehead atoms. The van der Waals surface area contributed by atoms with E-state index in [9.17, 15) is 4.79 Å². The van der Waals surface area contributed by atoms with Crippen LogP contribution < -0.4 is 15.5 Å². The van der Waals surface area contributed by atoms with E-state index in [1.807, 2.05) is 36.1 Å². The molecule has 0 spiro atoms. The zero-order chi connectivity index (χ0) is 29.1. The number of aryl methyl sites for hydroxylation is 2. The molecule has 8 heteroatoms. The fourth-order valence-electron chi connectivity index (χ4n) is 5.30. The number of amides is 1. The van der Waals surface area contributed by atoms with E-state index >= 15 is 0 Å². The maximum absolute atomic E-state index is 13.7. The van der Waals surface area contributed by atoms with Crippen molar-refractivity contribution in [2.75, 3.05) is 49.5 Å². The third-order valence-electron chi connectivity index (χ3n) is 9.01. The predicted molar refractivity (Wildman–Crippen MR) is 167 cm³/mol. The highest BCUT2D eigenvalue weighted by Crippen LogP contribution is 2.36. The molecular weight excluding hydrogens is 514 g/mol. The molecule has 40 heavy (non-hydrogen) atoms. The Kier molecular flexibility index (Phi) is 9.28. The first-order valence-electron chi connectivity index (χ1n) is 14.7. The number of carbonyl (C=O) groups excluding carboxylic acids is 1. The number of nitrogens with one attached hydrogen (secondary N) is 2. The zero-order valence-corrected chi connectivity index (χ0v) is 26.4. The van der Waals surface area contributed by atoms with E-state index in [4.69, 9.17) is 9.69 Å². The number of nitriles is 1. The second kappa shape index (κ2) is 12.3. The quantitative estimate of drug-likeness (QED) is 0.423. The van der Waals surface area contributed by atoms with Gasteiger partial charge < -0.3 is 24.9 Å². The second-order valence-electron chi connectivity index (χ2n) is 13.0. The minimum Gasteiger partial charge on any atom is -0.415 e. The summed E-state index contributed by atoms with van der Waals surface area (Å²) in [6, 6.07) is 14.8. The lowest BCUT2D eigenvalue weighted by Crippen LogP contribution is -2.56. The first-order valence-corrected chi connectivity index (χ1v) is 17.6. The van der Waals surface area contributed by atoms with Gasteiger partial charge in [0.1, 0.15) is 0 Å². The minimum absolute atomic E-state index is 0.106. The maximum atomic E-state index is 13.7. The van der Waals surface area contributed by atoms with Crippen LogP contribution >= 0.6 is 0 Å². The monoisotopic (exact) mass is 561 g/mol. The van der Waals surface area contributed by atoms with Crippen LogP contribution in [0, 0.1) is 25.2 Å². The molecular formula is C32H47N5O2Si. The molecule has 2 aromatic rings. The molecule has 1 amide bonds. The van der Waals surface area contributed by atoms with Crippen molar-refractivity contribution in [2.45, 2.75) is 77.7 Å². The standard InChI is InChI=1S/C32H47N5O2Si/c1-23-18-24(2)30(35-26-12-15-36(16-13-26)28-10-8-25(20-33)9-11-28)19-29(23)31(38)37-17-14-34-27(21-37)22-39-40(6,7)32(3,4)5/h8-11,18-19,26-27,34-35H,12-17,21-22H2,1-7H3/t27-/m1/s1. The third kappa shape index (κ3) is 7.06. The minimum atomic E-state index is -1.84. The van der Waals surface area contributed by atoms with E-state index in [0.717, 1.165) is 49.3 Å². The van der Waals surface area contributed by atoms with Crippen LogP contribution in [0.5, 0.6) is 0 Å². The van der Waals surface area contributed by atoms with Gasteiger partial charge in [0.05, 0.1) is 18.2 Å². The summed E-state index contributed by atoms with van der Waals surface area (Å²) >= 11 is 0. The van der Waals surface area contributed by atoms with Gasteiger partial charge in [0.25, 0.3) is 5.91 Å². The second-order valence-corrected chi connectivity index (χ2v) is 17.8. The molecule has 2 N–H and O–H groups in total. The fraction of sp³-hybridized carbons (Fsp3) is 0.562. The van der Waals surface area contributed by atoms with Crippen molar-refractivity contribution in [1.29, 1.82) is 5.26 Å². The summed E-state index contributed by atoms with van der Waals surface area (Å²) in [6.45, 7) is 20.2. The number of piperazine rings is 1. The van der Waals surface area contributed by atoms with Crippen LogP contribution in [0.25, 0.3) is 0 Å². The van der Waals surface area contributed by atoms with Gasteiger partial charge in [-0.2, -0.15) is 5.26 Å². The summed E-state index contributed by atoms with van der Waals surface area (Å²) in [5.74, 6) is 0.106. The SMILES string of the molecule is Cc1cc(C)c(C(=O)N2CCN[C@@H](CO[Si](C)(C)C(C)(C)C)C2)cc1NC1CCN(c2ccc(C#N)cc2)CC1. The van der Waals surface area contributed by atoms with Crippen LogP contribution in [-0.4, -0.2) is 70.5 Å². The highest BCUT2D eigenvalue weighted by atomic mass is 28.4. The molecule has 0 aromatic heterocycles. The fourth-order valence-corrected chi connectivity index (χ4v) is 6.36. The van der Waals surface area contributed by atoms with Gasteiger partial charge in [-0.25, -0.2) is 0 Å². The summed E-state index contributed by atoms with van der Waals surface area (Å²) in [6.07, 6.45) is 2.04. The topological polar surface area (TPSA) is 80.6 Å². The zero-order valence-electron chi connectivity index (χ0n) is 25.4. The molecule has 0 unspecified atom stereocenters. The Morgan fingerprint density at radius 2 is 1.77 bits per heavy atom. The Morgan fingerprint density at radius 1 is 1.10 bits per heavy atom. The van der Waals surface area contributed by atoms with Crippen LogP contribution in [0.3, 0.4) is 0 Å². The van der Waals surface area contributed by atoms with Crippen molar-refractivity contribution in [3.63, 3.8) is 0 Å². The van der Waals surface area contributed by atoms with Crippen LogP contribution in [0.2, 0.25) is 18.1 Å². The summed E-state index contributed by atoms with van der Waals surface area (Å²) < 4.78 is 6.47. The molecule has 2 aromatic carbocycles. The van der Waals surface area contributed by atoms with Gasteiger partial charge in [-0.05, 0) is 86.3 Å². The lowest BCUT2D eigenvalue weighted by Gasteiger charge is -2.39. The summed E-state index contributed by atoms with van der Waals surface area (Å²) in [4.78, 5) is 18.1. The van der Waals surface area contributed by atoms with Gasteiger partial charge in [-0.3, -0.25) is 4.79 Å². The molecule has 2 heterocycles. The first-order chi connectivity index (χ1) is 18.9. The summed E-state index contributed by atoms with van der Waals surface area (Å²) in [5.41, 5.74) is 5.89. The molecule has 7 nitrogen and oxygen atoms in total. The average molecular weight is 562 g/mol. The van der Waals surface area contributed by atoms with Gasteiger partial charge in [0, 0.05) is 61.7 Å². The number of carbonyl (C=O) groups is 1. The van der Waals surface area contributed by atoms with Crippen molar-refractivity contribution in [2.24, 2.45) is 0 Å². The lowest BCUT2D eigenvalue weighted by molar-refractivity contribution is 0.0674. The number of anilines is 2. The molecule has 0 saturated carbocycles. The van der Waals surface area contributed by atoms with Crippen LogP contribution in [0.4, 0.5) is 11.4 Å². The third-order valence-corrected chi connectivity index (χ3v) is 13.5. The summed E-state index contributed by atoms with van der Waals surface area (Å²) in [5, 5.41) is 16.5.